The third kappa shape index (κ3) is 3.38. The van der Waals surface area contributed by atoms with Crippen LogP contribution in [0.2, 0.25) is 0 Å². The highest BCUT2D eigenvalue weighted by Gasteiger charge is 2.29. The fourth-order valence-electron chi connectivity index (χ4n) is 3.23. The fraction of sp³-hybridized carbons (Fsp3) is 0.389. The molecule has 0 radical (unpaired) electrons. The Morgan fingerprint density at radius 3 is 2.89 bits per heavy atom. The van der Waals surface area contributed by atoms with E-state index in [1.807, 2.05) is 24.6 Å². The molecule has 0 fully saturated rings. The first kappa shape index (κ1) is 18.1. The predicted octanol–water partition coefficient (Wildman–Crippen LogP) is 3.18. The van der Waals surface area contributed by atoms with Gasteiger partial charge in [-0.1, -0.05) is 0 Å². The Balaban J connectivity index is 1.66. The lowest BCUT2D eigenvalue weighted by molar-refractivity contribution is 0.0526. The number of hydrogen-bond acceptors (Lipinski definition) is 7. The number of carbonyl (C=O) groups is 2. The van der Waals surface area contributed by atoms with E-state index in [9.17, 15) is 9.59 Å². The molecule has 1 N–H and O–H groups in total. The first-order valence-corrected chi connectivity index (χ1v) is 10.4. The van der Waals surface area contributed by atoms with Crippen LogP contribution in [0.4, 0.5) is 5.00 Å². The summed E-state index contributed by atoms with van der Waals surface area (Å²) in [5.41, 5.74) is 1.82. The first-order chi connectivity index (χ1) is 13.0. The third-order valence-electron chi connectivity index (χ3n) is 4.46. The number of anilines is 1. The zero-order valence-corrected chi connectivity index (χ0v) is 17.0. The highest BCUT2D eigenvalue weighted by atomic mass is 32.1. The molecule has 0 bridgehead atoms. The van der Waals surface area contributed by atoms with Gasteiger partial charge in [-0.25, -0.2) is 9.78 Å². The zero-order valence-electron chi connectivity index (χ0n) is 15.4. The summed E-state index contributed by atoms with van der Waals surface area (Å²) in [4.78, 5) is 34.9. The summed E-state index contributed by atoms with van der Waals surface area (Å²) in [7, 11) is 2.05. The topological polar surface area (TPSA) is 75.9 Å². The fourth-order valence-corrected chi connectivity index (χ4v) is 5.35. The van der Waals surface area contributed by atoms with Crippen molar-refractivity contribution in [3.8, 4) is 0 Å². The largest absolute Gasteiger partial charge is 0.462 e. The van der Waals surface area contributed by atoms with E-state index in [2.05, 4.69) is 15.2 Å². The minimum absolute atomic E-state index is 0.299. The molecule has 0 aliphatic carbocycles. The van der Waals surface area contributed by atoms with Crippen LogP contribution >= 0.6 is 22.7 Å². The molecule has 0 saturated heterocycles. The molecule has 142 valence electrons. The van der Waals surface area contributed by atoms with Crippen molar-refractivity contribution < 1.29 is 14.3 Å². The molecular formula is C18H20N4O3S2. The van der Waals surface area contributed by atoms with Crippen LogP contribution in [0, 0.1) is 6.92 Å². The number of nitrogens with zero attached hydrogens (tertiary/aromatic N) is 3. The highest BCUT2D eigenvalue weighted by Crippen LogP contribution is 2.37. The van der Waals surface area contributed by atoms with E-state index < -0.39 is 0 Å². The maximum absolute atomic E-state index is 12.7. The molecule has 1 aliphatic heterocycles. The summed E-state index contributed by atoms with van der Waals surface area (Å²) in [5, 5.41) is 3.44. The minimum atomic E-state index is -0.378. The standard InChI is InChI=1S/C18H20N4O3S2/c1-4-25-17(24)14-11-5-6-21(3)9-13(11)27-16(14)20-15(23)12-8-22-7-10(2)26-18(22)19-12/h7-8H,4-6,9H2,1-3H3,(H,20,23). The normalized spacial score (nSPS) is 14.3. The Kier molecular flexibility index (Phi) is 4.75. The highest BCUT2D eigenvalue weighted by molar-refractivity contribution is 7.17. The zero-order chi connectivity index (χ0) is 19.1. The average Bonchev–Trinajstić information content (AvgIpc) is 3.24. The molecule has 1 amide bonds. The molecule has 4 heterocycles. The second-order valence-corrected chi connectivity index (χ2v) is 8.85. The van der Waals surface area contributed by atoms with Crippen LogP contribution < -0.4 is 5.32 Å². The smallest absolute Gasteiger partial charge is 0.341 e. The lowest BCUT2D eigenvalue weighted by atomic mass is 10.0. The number of fused-ring (bicyclic) bond motifs is 2. The Labute approximate surface area is 164 Å². The lowest BCUT2D eigenvalue weighted by Crippen LogP contribution is -2.26. The Bertz CT molecular complexity index is 1000. The number of imidazole rings is 1. The van der Waals surface area contributed by atoms with Gasteiger partial charge in [0.1, 0.15) is 10.7 Å². The predicted molar refractivity (Wildman–Crippen MR) is 106 cm³/mol. The maximum Gasteiger partial charge on any atom is 0.341 e. The van der Waals surface area contributed by atoms with E-state index in [4.69, 9.17) is 4.74 Å². The summed E-state index contributed by atoms with van der Waals surface area (Å²) < 4.78 is 7.08. The van der Waals surface area contributed by atoms with Crippen molar-refractivity contribution in [2.45, 2.75) is 26.8 Å². The summed E-state index contributed by atoms with van der Waals surface area (Å²) in [5.74, 6) is -0.697. The number of thiazole rings is 1. The van der Waals surface area contributed by atoms with Gasteiger partial charge in [0.2, 0.25) is 0 Å². The third-order valence-corrected chi connectivity index (χ3v) is 6.50. The number of esters is 1. The van der Waals surface area contributed by atoms with Gasteiger partial charge in [-0.05, 0) is 32.9 Å². The van der Waals surface area contributed by atoms with Gasteiger partial charge in [0.25, 0.3) is 5.91 Å². The van der Waals surface area contributed by atoms with Crippen LogP contribution in [0.5, 0.6) is 0 Å². The van der Waals surface area contributed by atoms with Crippen molar-refractivity contribution in [3.05, 3.63) is 39.0 Å². The van der Waals surface area contributed by atoms with E-state index in [1.54, 1.807) is 13.1 Å². The molecule has 0 aromatic carbocycles. The van der Waals surface area contributed by atoms with Gasteiger partial charge < -0.3 is 15.0 Å². The summed E-state index contributed by atoms with van der Waals surface area (Å²) in [6.45, 7) is 5.72. The summed E-state index contributed by atoms with van der Waals surface area (Å²) in [6, 6.07) is 0. The van der Waals surface area contributed by atoms with Crippen LogP contribution in [0.25, 0.3) is 4.96 Å². The summed E-state index contributed by atoms with van der Waals surface area (Å²) >= 11 is 2.98. The molecule has 9 heteroatoms. The van der Waals surface area contributed by atoms with Gasteiger partial charge >= 0.3 is 5.97 Å². The molecule has 3 aromatic rings. The molecule has 0 atom stereocenters. The number of thiophene rings is 1. The Morgan fingerprint density at radius 1 is 1.33 bits per heavy atom. The van der Waals surface area contributed by atoms with E-state index >= 15 is 0 Å². The van der Waals surface area contributed by atoms with E-state index in [0.29, 0.717) is 22.9 Å². The number of ether oxygens (including phenoxy) is 1. The van der Waals surface area contributed by atoms with Crippen molar-refractivity contribution >= 4 is 44.5 Å². The SMILES string of the molecule is CCOC(=O)c1c(NC(=O)c2cn3cc(C)sc3n2)sc2c1CCN(C)C2. The Hall–Kier alpha value is -2.23. The van der Waals surface area contributed by atoms with E-state index in [-0.39, 0.29) is 11.9 Å². The van der Waals surface area contributed by atoms with Crippen LogP contribution in [-0.4, -0.2) is 46.4 Å². The number of hydrogen-bond donors (Lipinski definition) is 1. The van der Waals surface area contributed by atoms with Crippen LogP contribution in [0.1, 0.15) is 43.1 Å². The summed E-state index contributed by atoms with van der Waals surface area (Å²) in [6.07, 6.45) is 4.42. The van der Waals surface area contributed by atoms with Gasteiger partial charge in [-0.2, -0.15) is 0 Å². The number of aromatic nitrogens is 2. The molecule has 4 rings (SSSR count). The average molecular weight is 405 g/mol. The van der Waals surface area contributed by atoms with Crippen LogP contribution in [0.3, 0.4) is 0 Å². The number of aryl methyl sites for hydroxylation is 1. The molecule has 27 heavy (non-hydrogen) atoms. The number of likely N-dealkylation sites (N-methyl/N-ethyl adjacent to an activating group) is 1. The number of nitrogens with one attached hydrogen (secondary N) is 1. The van der Waals surface area contributed by atoms with Crippen LogP contribution in [0.15, 0.2) is 12.4 Å². The number of amides is 1. The molecule has 0 saturated carbocycles. The monoisotopic (exact) mass is 404 g/mol. The van der Waals surface area contributed by atoms with Gasteiger partial charge in [-0.15, -0.1) is 22.7 Å². The lowest BCUT2D eigenvalue weighted by Gasteiger charge is -2.22. The Morgan fingerprint density at radius 2 is 2.15 bits per heavy atom. The molecule has 0 spiro atoms. The second-order valence-electron chi connectivity index (χ2n) is 6.53. The van der Waals surface area contributed by atoms with Crippen molar-refractivity contribution in [1.29, 1.82) is 0 Å². The van der Waals surface area contributed by atoms with Crippen molar-refractivity contribution in [2.24, 2.45) is 0 Å². The number of rotatable bonds is 4. The van der Waals surface area contributed by atoms with E-state index in [1.165, 1.54) is 22.7 Å². The van der Waals surface area contributed by atoms with Gasteiger partial charge in [0.05, 0.1) is 12.2 Å². The van der Waals surface area contributed by atoms with Crippen LogP contribution in [-0.2, 0) is 17.7 Å². The quantitative estimate of drug-likeness (QED) is 0.676. The van der Waals surface area contributed by atoms with Crippen molar-refractivity contribution in [3.63, 3.8) is 0 Å². The molecule has 1 aliphatic rings. The van der Waals surface area contributed by atoms with Crippen molar-refractivity contribution in [2.75, 3.05) is 25.5 Å². The van der Waals surface area contributed by atoms with Gasteiger partial charge in [-0.3, -0.25) is 9.20 Å². The van der Waals surface area contributed by atoms with Gasteiger partial charge in [0, 0.05) is 35.2 Å². The van der Waals surface area contributed by atoms with Crippen molar-refractivity contribution in [1.82, 2.24) is 14.3 Å². The van der Waals surface area contributed by atoms with Gasteiger partial charge in [0.15, 0.2) is 4.96 Å². The second kappa shape index (κ2) is 7.06. The van der Waals surface area contributed by atoms with E-state index in [0.717, 1.165) is 39.8 Å². The minimum Gasteiger partial charge on any atom is -0.462 e. The first-order valence-electron chi connectivity index (χ1n) is 8.73. The molecule has 0 unspecified atom stereocenters. The molecular weight excluding hydrogens is 384 g/mol. The maximum atomic E-state index is 12.7. The number of carbonyl (C=O) groups excluding carboxylic acids is 2. The molecule has 7 nitrogen and oxygen atoms in total. The molecule has 3 aromatic heterocycles.